The zero-order chi connectivity index (χ0) is 20.9. The van der Waals surface area contributed by atoms with Crippen LogP contribution in [0, 0.1) is 11.7 Å². The lowest BCUT2D eigenvalue weighted by Gasteiger charge is -2.31. The van der Waals surface area contributed by atoms with Crippen LogP contribution >= 0.6 is 0 Å². The predicted molar refractivity (Wildman–Crippen MR) is 109 cm³/mol. The van der Waals surface area contributed by atoms with Crippen molar-refractivity contribution in [2.45, 2.75) is 12.8 Å². The van der Waals surface area contributed by atoms with Gasteiger partial charge in [-0.1, -0.05) is 5.16 Å². The number of nitrogens with zero attached hydrogens (tertiary/aromatic N) is 2. The molecule has 0 atom stereocenters. The monoisotopic (exact) mass is 411 g/mol. The Balaban J connectivity index is 1.18. The maximum Gasteiger partial charge on any atom is 0.411 e. The Morgan fingerprint density at radius 3 is 2.70 bits per heavy atom. The first-order valence-corrected chi connectivity index (χ1v) is 9.89. The molecule has 0 aliphatic carbocycles. The number of aromatic nitrogens is 1. The molecule has 0 unspecified atom stereocenters. The quantitative estimate of drug-likeness (QED) is 0.615. The van der Waals surface area contributed by atoms with E-state index in [1.54, 1.807) is 24.4 Å². The van der Waals surface area contributed by atoms with Crippen LogP contribution in [0.15, 0.2) is 53.2 Å². The van der Waals surface area contributed by atoms with Gasteiger partial charge in [-0.25, -0.2) is 9.18 Å². The Kier molecular flexibility index (Phi) is 6.04. The van der Waals surface area contributed by atoms with E-state index in [1.807, 2.05) is 0 Å². The number of nitrogens with one attached hydrogen (secondary N) is 1. The number of carbonyl (C=O) groups is 2. The minimum Gasteiger partial charge on any atom is -0.448 e. The number of likely N-dealkylation sites (tertiary alicyclic amines) is 1. The number of halogens is 1. The molecule has 3 aromatic rings. The number of amides is 1. The minimum absolute atomic E-state index is 0.0538. The largest absolute Gasteiger partial charge is 0.448 e. The van der Waals surface area contributed by atoms with Crippen molar-refractivity contribution in [1.29, 1.82) is 0 Å². The van der Waals surface area contributed by atoms with Crippen molar-refractivity contribution in [1.82, 2.24) is 10.1 Å². The summed E-state index contributed by atoms with van der Waals surface area (Å²) in [5, 5.41) is 7.22. The first-order chi connectivity index (χ1) is 14.6. The third-order valence-electron chi connectivity index (χ3n) is 5.33. The Morgan fingerprint density at radius 2 is 1.93 bits per heavy atom. The van der Waals surface area contributed by atoms with Gasteiger partial charge in [-0.15, -0.1) is 0 Å². The van der Waals surface area contributed by atoms with E-state index < -0.39 is 6.09 Å². The second-order valence-corrected chi connectivity index (χ2v) is 7.33. The van der Waals surface area contributed by atoms with Crippen LogP contribution in [0.1, 0.15) is 23.2 Å². The smallest absolute Gasteiger partial charge is 0.411 e. The number of rotatable bonds is 6. The molecule has 0 bridgehead atoms. The standard InChI is InChI=1S/C22H22FN3O4/c23-18-4-1-15(2-5-18)21(27)16-7-9-26(10-8-16)11-12-29-22(28)25-19-6-3-17-14-24-30-20(17)13-19/h1-6,13-14,16H,7-12H2,(H,25,28). The summed E-state index contributed by atoms with van der Waals surface area (Å²) in [6, 6.07) is 10.9. The number of benzene rings is 2. The van der Waals surface area contributed by atoms with Gasteiger partial charge in [0.15, 0.2) is 11.4 Å². The molecular formula is C22H22FN3O4. The summed E-state index contributed by atoms with van der Waals surface area (Å²) in [6.45, 7) is 2.37. The number of anilines is 1. The van der Waals surface area contributed by atoms with Crippen LogP contribution in [0.25, 0.3) is 11.0 Å². The molecule has 1 N–H and O–H groups in total. The van der Waals surface area contributed by atoms with Crippen LogP contribution in [0.2, 0.25) is 0 Å². The molecule has 1 aliphatic rings. The van der Waals surface area contributed by atoms with Gasteiger partial charge >= 0.3 is 6.09 Å². The summed E-state index contributed by atoms with van der Waals surface area (Å²) < 4.78 is 23.4. The second kappa shape index (κ2) is 9.04. The molecule has 1 amide bonds. The van der Waals surface area contributed by atoms with E-state index in [-0.39, 0.29) is 24.1 Å². The number of piperidine rings is 1. The summed E-state index contributed by atoms with van der Waals surface area (Å²) in [4.78, 5) is 26.7. The summed E-state index contributed by atoms with van der Waals surface area (Å²) in [5.74, 6) is -0.333. The van der Waals surface area contributed by atoms with E-state index in [4.69, 9.17) is 9.26 Å². The molecule has 0 spiro atoms. The molecule has 2 aromatic carbocycles. The van der Waals surface area contributed by atoms with Crippen LogP contribution < -0.4 is 5.32 Å². The highest BCUT2D eigenvalue weighted by atomic mass is 19.1. The molecule has 1 saturated heterocycles. The number of ether oxygens (including phenoxy) is 1. The molecule has 156 valence electrons. The summed E-state index contributed by atoms with van der Waals surface area (Å²) >= 11 is 0. The SMILES string of the molecule is O=C(Nc1ccc2cnoc2c1)OCCN1CCC(C(=O)c2ccc(F)cc2)CC1. The maximum absolute atomic E-state index is 13.0. The molecule has 1 aromatic heterocycles. The molecule has 7 nitrogen and oxygen atoms in total. The van der Waals surface area contributed by atoms with E-state index in [2.05, 4.69) is 15.4 Å². The topological polar surface area (TPSA) is 84.7 Å². The molecule has 1 aliphatic heterocycles. The number of Topliss-reactive ketones (excluding diaryl/α,β-unsaturated/α-hetero) is 1. The number of hydrogen-bond donors (Lipinski definition) is 1. The first kappa shape index (κ1) is 20.0. The number of fused-ring (bicyclic) bond motifs is 1. The average Bonchev–Trinajstić information content (AvgIpc) is 3.22. The van der Waals surface area contributed by atoms with Gasteiger partial charge in [0.05, 0.1) is 6.20 Å². The molecule has 8 heteroatoms. The molecule has 2 heterocycles. The van der Waals surface area contributed by atoms with Crippen molar-refractivity contribution in [3.63, 3.8) is 0 Å². The molecule has 30 heavy (non-hydrogen) atoms. The highest BCUT2D eigenvalue weighted by molar-refractivity contribution is 5.97. The molecule has 4 rings (SSSR count). The predicted octanol–water partition coefficient (Wildman–Crippen LogP) is 4.11. The Hall–Kier alpha value is -3.26. The second-order valence-electron chi connectivity index (χ2n) is 7.33. The van der Waals surface area contributed by atoms with Crippen LogP contribution in [-0.2, 0) is 4.74 Å². The normalized spacial score (nSPS) is 15.2. The van der Waals surface area contributed by atoms with Crippen molar-refractivity contribution < 1.29 is 23.2 Å². The third-order valence-corrected chi connectivity index (χ3v) is 5.33. The molecule has 0 radical (unpaired) electrons. The summed E-state index contributed by atoms with van der Waals surface area (Å²) in [5.41, 5.74) is 1.72. The average molecular weight is 411 g/mol. The van der Waals surface area contributed by atoms with Crippen LogP contribution in [0.5, 0.6) is 0 Å². The van der Waals surface area contributed by atoms with Gasteiger partial charge in [-0.05, 0) is 62.3 Å². The number of hydrogen-bond acceptors (Lipinski definition) is 6. The van der Waals surface area contributed by atoms with Gasteiger partial charge in [-0.2, -0.15) is 0 Å². The molecule has 1 fully saturated rings. The van der Waals surface area contributed by atoms with E-state index in [0.717, 1.165) is 31.3 Å². The highest BCUT2D eigenvalue weighted by Crippen LogP contribution is 2.22. The van der Waals surface area contributed by atoms with Crippen LogP contribution in [-0.4, -0.2) is 48.2 Å². The van der Waals surface area contributed by atoms with Gasteiger partial charge < -0.3 is 9.26 Å². The zero-order valence-electron chi connectivity index (χ0n) is 16.3. The van der Waals surface area contributed by atoms with Gasteiger partial charge in [0.2, 0.25) is 0 Å². The Bertz CT molecular complexity index is 1030. The molecule has 0 saturated carbocycles. The Morgan fingerprint density at radius 1 is 1.17 bits per heavy atom. The summed E-state index contributed by atoms with van der Waals surface area (Å²) in [6.07, 6.45) is 2.54. The van der Waals surface area contributed by atoms with Crippen molar-refractivity contribution in [2.75, 3.05) is 31.6 Å². The van der Waals surface area contributed by atoms with E-state index in [0.29, 0.717) is 23.4 Å². The van der Waals surface area contributed by atoms with Crippen molar-refractivity contribution in [3.8, 4) is 0 Å². The van der Waals surface area contributed by atoms with E-state index in [1.165, 1.54) is 24.3 Å². The third kappa shape index (κ3) is 4.83. The lowest BCUT2D eigenvalue weighted by molar-refractivity contribution is 0.0813. The highest BCUT2D eigenvalue weighted by Gasteiger charge is 2.25. The van der Waals surface area contributed by atoms with Crippen LogP contribution in [0.4, 0.5) is 14.9 Å². The maximum atomic E-state index is 13.0. The fourth-order valence-corrected chi connectivity index (χ4v) is 3.63. The minimum atomic E-state index is -0.532. The van der Waals surface area contributed by atoms with Crippen molar-refractivity contribution in [2.24, 2.45) is 5.92 Å². The fourth-order valence-electron chi connectivity index (χ4n) is 3.63. The van der Waals surface area contributed by atoms with Gasteiger partial charge in [-0.3, -0.25) is 15.0 Å². The summed E-state index contributed by atoms with van der Waals surface area (Å²) in [7, 11) is 0. The number of ketones is 1. The van der Waals surface area contributed by atoms with E-state index >= 15 is 0 Å². The van der Waals surface area contributed by atoms with Gasteiger partial charge in [0.25, 0.3) is 0 Å². The number of carbonyl (C=O) groups excluding carboxylic acids is 2. The van der Waals surface area contributed by atoms with Crippen molar-refractivity contribution in [3.05, 3.63) is 60.0 Å². The van der Waals surface area contributed by atoms with Gasteiger partial charge in [0, 0.05) is 35.2 Å². The zero-order valence-corrected chi connectivity index (χ0v) is 16.3. The molecular weight excluding hydrogens is 389 g/mol. The van der Waals surface area contributed by atoms with Gasteiger partial charge in [0.1, 0.15) is 12.4 Å². The van der Waals surface area contributed by atoms with E-state index in [9.17, 15) is 14.0 Å². The van der Waals surface area contributed by atoms with Crippen LogP contribution in [0.3, 0.4) is 0 Å². The first-order valence-electron chi connectivity index (χ1n) is 9.89. The lowest BCUT2D eigenvalue weighted by atomic mass is 9.89. The van der Waals surface area contributed by atoms with Crippen molar-refractivity contribution >= 4 is 28.5 Å². The fraction of sp³-hybridized carbons (Fsp3) is 0.318. The lowest BCUT2D eigenvalue weighted by Crippen LogP contribution is -2.38. The Labute approximate surface area is 172 Å².